The number of carbonyl (C=O) groups is 1. The third-order valence-corrected chi connectivity index (χ3v) is 5.76. The molecule has 0 radical (unpaired) electrons. The van der Waals surface area contributed by atoms with E-state index >= 15 is 0 Å². The summed E-state index contributed by atoms with van der Waals surface area (Å²) in [5, 5.41) is 6.61. The van der Waals surface area contributed by atoms with Gasteiger partial charge in [-0.2, -0.15) is 0 Å². The molecule has 2 N–H and O–H groups in total. The molecule has 6 nitrogen and oxygen atoms in total. The summed E-state index contributed by atoms with van der Waals surface area (Å²) >= 11 is 0. The minimum Gasteiger partial charge on any atom is -0.356 e. The first-order valence-corrected chi connectivity index (χ1v) is 9.01. The van der Waals surface area contributed by atoms with E-state index in [0.29, 0.717) is 6.42 Å². The molecule has 3 rings (SSSR count). The maximum absolute atomic E-state index is 11.6. The molecule has 23 heavy (non-hydrogen) atoms. The summed E-state index contributed by atoms with van der Waals surface area (Å²) in [5.74, 6) is 1.97. The normalized spacial score (nSPS) is 30.8. The summed E-state index contributed by atoms with van der Waals surface area (Å²) in [4.78, 5) is 20.9. The molecule has 1 spiro atoms. The predicted octanol–water partition coefficient (Wildman–Crippen LogP) is 0.506. The summed E-state index contributed by atoms with van der Waals surface area (Å²) < 4.78 is 0. The SMILES string of the molecule is CN=C(NCC1CCN(C)CC1)N1CCCC2(CNC(=O)C2)C1. The first kappa shape index (κ1) is 16.6. The van der Waals surface area contributed by atoms with Gasteiger partial charge in [-0.25, -0.2) is 0 Å². The monoisotopic (exact) mass is 321 g/mol. The van der Waals surface area contributed by atoms with Gasteiger partial charge in [-0.15, -0.1) is 0 Å². The molecule has 0 saturated carbocycles. The van der Waals surface area contributed by atoms with Gasteiger partial charge in [0.2, 0.25) is 5.91 Å². The second kappa shape index (κ2) is 7.07. The Hall–Kier alpha value is -1.30. The molecule has 1 atom stereocenters. The highest BCUT2D eigenvalue weighted by Gasteiger charge is 2.42. The second-order valence-corrected chi connectivity index (χ2v) is 7.65. The number of hydrogen-bond donors (Lipinski definition) is 2. The van der Waals surface area contributed by atoms with E-state index in [-0.39, 0.29) is 11.3 Å². The van der Waals surface area contributed by atoms with Crippen molar-refractivity contribution in [1.82, 2.24) is 20.4 Å². The van der Waals surface area contributed by atoms with Crippen LogP contribution in [0.4, 0.5) is 0 Å². The number of nitrogens with one attached hydrogen (secondary N) is 2. The number of nitrogens with zero attached hydrogens (tertiary/aromatic N) is 3. The van der Waals surface area contributed by atoms with E-state index in [1.54, 1.807) is 0 Å². The Morgan fingerprint density at radius 2 is 2.17 bits per heavy atom. The molecule has 3 heterocycles. The van der Waals surface area contributed by atoms with Crippen LogP contribution >= 0.6 is 0 Å². The lowest BCUT2D eigenvalue weighted by molar-refractivity contribution is -0.119. The first-order valence-electron chi connectivity index (χ1n) is 9.01. The Bertz CT molecular complexity index is 458. The number of hydrogen-bond acceptors (Lipinski definition) is 3. The van der Waals surface area contributed by atoms with Gasteiger partial charge in [0, 0.05) is 45.1 Å². The van der Waals surface area contributed by atoms with Crippen molar-refractivity contribution in [1.29, 1.82) is 0 Å². The minimum atomic E-state index is 0.125. The summed E-state index contributed by atoms with van der Waals surface area (Å²) in [6, 6.07) is 0. The van der Waals surface area contributed by atoms with E-state index in [9.17, 15) is 4.79 Å². The topological polar surface area (TPSA) is 60.0 Å². The number of likely N-dealkylation sites (tertiary alicyclic amines) is 2. The van der Waals surface area contributed by atoms with Crippen molar-refractivity contribution in [2.24, 2.45) is 16.3 Å². The standard InChI is InChI=1S/C17H31N5O/c1-18-16(19-11-14-4-8-21(2)9-5-14)22-7-3-6-17(13-22)10-15(23)20-12-17/h14H,3-13H2,1-2H3,(H,18,19)(H,20,23). The molecule has 0 aliphatic carbocycles. The highest BCUT2D eigenvalue weighted by atomic mass is 16.1. The van der Waals surface area contributed by atoms with E-state index < -0.39 is 0 Å². The van der Waals surface area contributed by atoms with Crippen LogP contribution in [0, 0.1) is 11.3 Å². The average molecular weight is 321 g/mol. The molecule has 0 aromatic rings. The zero-order valence-corrected chi connectivity index (χ0v) is 14.6. The van der Waals surface area contributed by atoms with Gasteiger partial charge in [0.1, 0.15) is 0 Å². The average Bonchev–Trinajstić information content (AvgIpc) is 2.90. The molecular weight excluding hydrogens is 290 g/mol. The van der Waals surface area contributed by atoms with Crippen LogP contribution in [0.15, 0.2) is 4.99 Å². The summed E-state index contributed by atoms with van der Waals surface area (Å²) in [5.41, 5.74) is 0.125. The lowest BCUT2D eigenvalue weighted by atomic mass is 9.79. The van der Waals surface area contributed by atoms with Crippen LogP contribution < -0.4 is 10.6 Å². The van der Waals surface area contributed by atoms with Crippen molar-refractivity contribution in [2.75, 3.05) is 53.4 Å². The fraction of sp³-hybridized carbons (Fsp3) is 0.882. The summed E-state index contributed by atoms with van der Waals surface area (Å²) in [6.45, 7) is 6.23. The van der Waals surface area contributed by atoms with Crippen LogP contribution in [0.25, 0.3) is 0 Å². The molecule has 0 aromatic heterocycles. The van der Waals surface area contributed by atoms with Crippen LogP contribution in [0.5, 0.6) is 0 Å². The lowest BCUT2D eigenvalue weighted by Crippen LogP contribution is -2.52. The molecule has 130 valence electrons. The van der Waals surface area contributed by atoms with Crippen molar-refractivity contribution in [3.63, 3.8) is 0 Å². The number of piperidine rings is 2. The Balaban J connectivity index is 1.53. The number of aliphatic imine (C=N–C) groups is 1. The maximum Gasteiger partial charge on any atom is 0.220 e. The Morgan fingerprint density at radius 1 is 1.39 bits per heavy atom. The fourth-order valence-corrected chi connectivity index (χ4v) is 4.26. The van der Waals surface area contributed by atoms with Crippen LogP contribution in [0.2, 0.25) is 0 Å². The van der Waals surface area contributed by atoms with Gasteiger partial charge < -0.3 is 20.4 Å². The van der Waals surface area contributed by atoms with Gasteiger partial charge >= 0.3 is 0 Å². The van der Waals surface area contributed by atoms with Gasteiger partial charge in [0.25, 0.3) is 0 Å². The minimum absolute atomic E-state index is 0.125. The lowest BCUT2D eigenvalue weighted by Gasteiger charge is -2.41. The summed E-state index contributed by atoms with van der Waals surface area (Å²) in [7, 11) is 4.07. The highest BCUT2D eigenvalue weighted by Crippen LogP contribution is 2.36. The third kappa shape index (κ3) is 3.97. The number of guanidine groups is 1. The van der Waals surface area contributed by atoms with Crippen molar-refractivity contribution < 1.29 is 4.79 Å². The zero-order chi connectivity index (χ0) is 16.3. The molecule has 3 aliphatic rings. The van der Waals surface area contributed by atoms with Crippen molar-refractivity contribution in [3.05, 3.63) is 0 Å². The molecule has 3 aliphatic heterocycles. The van der Waals surface area contributed by atoms with Gasteiger partial charge in [-0.1, -0.05) is 0 Å². The smallest absolute Gasteiger partial charge is 0.220 e. The number of amides is 1. The largest absolute Gasteiger partial charge is 0.356 e. The molecule has 0 aromatic carbocycles. The quantitative estimate of drug-likeness (QED) is 0.575. The Kier molecular flexibility index (Phi) is 5.09. The second-order valence-electron chi connectivity index (χ2n) is 7.65. The van der Waals surface area contributed by atoms with Crippen molar-refractivity contribution >= 4 is 11.9 Å². The molecule has 6 heteroatoms. The Morgan fingerprint density at radius 3 is 2.83 bits per heavy atom. The first-order chi connectivity index (χ1) is 11.1. The van der Waals surface area contributed by atoms with Crippen molar-refractivity contribution in [3.8, 4) is 0 Å². The van der Waals surface area contributed by atoms with E-state index in [2.05, 4.69) is 32.5 Å². The van der Waals surface area contributed by atoms with Gasteiger partial charge in [-0.05, 0) is 51.7 Å². The van der Waals surface area contributed by atoms with Crippen LogP contribution in [-0.4, -0.2) is 75.0 Å². The van der Waals surface area contributed by atoms with Crippen molar-refractivity contribution in [2.45, 2.75) is 32.1 Å². The summed E-state index contributed by atoms with van der Waals surface area (Å²) in [6.07, 6.45) is 5.50. The molecule has 0 bridgehead atoms. The molecule has 1 unspecified atom stereocenters. The van der Waals surface area contributed by atoms with Crippen LogP contribution in [-0.2, 0) is 4.79 Å². The van der Waals surface area contributed by atoms with Gasteiger partial charge in [0.15, 0.2) is 5.96 Å². The Labute approximate surface area is 139 Å². The van der Waals surface area contributed by atoms with E-state index in [0.717, 1.165) is 50.9 Å². The van der Waals surface area contributed by atoms with Gasteiger partial charge in [0.05, 0.1) is 0 Å². The maximum atomic E-state index is 11.6. The third-order valence-electron chi connectivity index (χ3n) is 5.76. The molecular formula is C17H31N5O. The van der Waals surface area contributed by atoms with E-state index in [1.807, 2.05) is 7.05 Å². The molecule has 1 amide bonds. The van der Waals surface area contributed by atoms with Crippen LogP contribution in [0.3, 0.4) is 0 Å². The van der Waals surface area contributed by atoms with Crippen LogP contribution in [0.1, 0.15) is 32.1 Å². The predicted molar refractivity (Wildman–Crippen MR) is 92.4 cm³/mol. The fourth-order valence-electron chi connectivity index (χ4n) is 4.26. The number of carbonyl (C=O) groups excluding carboxylic acids is 1. The molecule has 3 fully saturated rings. The van der Waals surface area contributed by atoms with Gasteiger partial charge in [-0.3, -0.25) is 9.79 Å². The van der Waals surface area contributed by atoms with E-state index in [4.69, 9.17) is 0 Å². The van der Waals surface area contributed by atoms with E-state index in [1.165, 1.54) is 25.9 Å². The molecule has 3 saturated heterocycles. The number of rotatable bonds is 2. The highest BCUT2D eigenvalue weighted by molar-refractivity contribution is 5.81. The zero-order valence-electron chi connectivity index (χ0n) is 14.6.